The van der Waals surface area contributed by atoms with E-state index < -0.39 is 0 Å². The second-order valence-electron chi connectivity index (χ2n) is 4.15. The second kappa shape index (κ2) is 4.71. The number of carbonyl (C=O) groups is 1. The molecule has 0 bridgehead atoms. The molecule has 1 heterocycles. The highest BCUT2D eigenvalue weighted by atomic mass is 19.1. The predicted octanol–water partition coefficient (Wildman–Crippen LogP) is 1.23. The molecule has 0 spiro atoms. The van der Waals surface area contributed by atoms with E-state index in [1.54, 1.807) is 29.0 Å². The van der Waals surface area contributed by atoms with Crippen LogP contribution >= 0.6 is 0 Å². The number of urea groups is 1. The van der Waals surface area contributed by atoms with Crippen LogP contribution in [0.25, 0.3) is 0 Å². The van der Waals surface area contributed by atoms with E-state index in [2.05, 4.69) is 0 Å². The van der Waals surface area contributed by atoms with E-state index in [4.69, 9.17) is 5.11 Å². The van der Waals surface area contributed by atoms with Gasteiger partial charge >= 0.3 is 6.03 Å². The van der Waals surface area contributed by atoms with Gasteiger partial charge in [-0.1, -0.05) is 12.1 Å². The topological polar surface area (TPSA) is 43.8 Å². The van der Waals surface area contributed by atoms with E-state index in [0.29, 0.717) is 13.1 Å². The van der Waals surface area contributed by atoms with Gasteiger partial charge in [0.25, 0.3) is 0 Å². The Hall–Kier alpha value is -1.62. The first kappa shape index (κ1) is 11.9. The molecule has 5 heteroatoms. The maximum Gasteiger partial charge on any atom is 0.320 e. The van der Waals surface area contributed by atoms with Crippen LogP contribution in [0.15, 0.2) is 24.3 Å². The Morgan fingerprint density at radius 3 is 2.65 bits per heavy atom. The van der Waals surface area contributed by atoms with Gasteiger partial charge in [0.05, 0.1) is 12.6 Å². The highest BCUT2D eigenvalue weighted by Gasteiger charge is 2.35. The average Bonchev–Trinajstić information content (AvgIpc) is 2.59. The van der Waals surface area contributed by atoms with Crippen LogP contribution in [0.1, 0.15) is 11.6 Å². The number of hydrogen-bond donors (Lipinski definition) is 1. The smallest absolute Gasteiger partial charge is 0.320 e. The molecule has 1 saturated heterocycles. The highest BCUT2D eigenvalue weighted by Crippen LogP contribution is 2.28. The number of aliphatic hydroxyl groups excluding tert-OH is 1. The Labute approximate surface area is 99.3 Å². The van der Waals surface area contributed by atoms with E-state index in [-0.39, 0.29) is 24.5 Å². The van der Waals surface area contributed by atoms with Crippen molar-refractivity contribution in [3.05, 3.63) is 35.6 Å². The summed E-state index contributed by atoms with van der Waals surface area (Å²) in [7, 11) is 1.72. The molecule has 1 aromatic carbocycles. The van der Waals surface area contributed by atoms with Crippen LogP contribution in [0.2, 0.25) is 0 Å². The normalized spacial score (nSPS) is 20.2. The van der Waals surface area contributed by atoms with Crippen LogP contribution in [0, 0.1) is 5.82 Å². The zero-order valence-corrected chi connectivity index (χ0v) is 9.64. The molecule has 0 aliphatic carbocycles. The minimum absolute atomic E-state index is 0.0721. The Balaban J connectivity index is 2.24. The number of hydrogen-bond acceptors (Lipinski definition) is 2. The molecule has 0 saturated carbocycles. The summed E-state index contributed by atoms with van der Waals surface area (Å²) in [5.74, 6) is -0.292. The average molecular weight is 238 g/mol. The van der Waals surface area contributed by atoms with Gasteiger partial charge in [0.2, 0.25) is 0 Å². The van der Waals surface area contributed by atoms with Crippen molar-refractivity contribution in [3.8, 4) is 0 Å². The molecule has 1 aliphatic heterocycles. The van der Waals surface area contributed by atoms with Crippen LogP contribution in [0.5, 0.6) is 0 Å². The first-order chi connectivity index (χ1) is 8.13. The van der Waals surface area contributed by atoms with Crippen molar-refractivity contribution in [2.45, 2.75) is 6.04 Å². The standard InChI is InChI=1S/C12H15FN2O2/c1-14-8-11(15(6-7-16)12(14)17)9-2-4-10(13)5-3-9/h2-5,11,16H,6-8H2,1H3. The van der Waals surface area contributed by atoms with E-state index in [1.165, 1.54) is 12.1 Å². The quantitative estimate of drug-likeness (QED) is 0.860. The van der Waals surface area contributed by atoms with Gasteiger partial charge in [-0.3, -0.25) is 0 Å². The van der Waals surface area contributed by atoms with Crippen LogP contribution in [0.4, 0.5) is 9.18 Å². The molecule has 92 valence electrons. The van der Waals surface area contributed by atoms with E-state index >= 15 is 0 Å². The van der Waals surface area contributed by atoms with Crippen molar-refractivity contribution in [2.24, 2.45) is 0 Å². The number of nitrogens with zero attached hydrogens (tertiary/aromatic N) is 2. The van der Waals surface area contributed by atoms with Crippen LogP contribution in [0.3, 0.4) is 0 Å². The third-order valence-electron chi connectivity index (χ3n) is 2.99. The van der Waals surface area contributed by atoms with E-state index in [0.717, 1.165) is 5.56 Å². The number of amides is 2. The number of rotatable bonds is 3. The number of aliphatic hydroxyl groups is 1. The van der Waals surface area contributed by atoms with Gasteiger partial charge in [-0.15, -0.1) is 0 Å². The summed E-state index contributed by atoms with van der Waals surface area (Å²) < 4.78 is 12.8. The number of likely N-dealkylation sites (N-methyl/N-ethyl adjacent to an activating group) is 1. The lowest BCUT2D eigenvalue weighted by Crippen LogP contribution is -2.33. The summed E-state index contributed by atoms with van der Waals surface area (Å²) in [6, 6.07) is 5.91. The minimum Gasteiger partial charge on any atom is -0.395 e. The van der Waals surface area contributed by atoms with Crippen molar-refractivity contribution in [1.29, 1.82) is 0 Å². The lowest BCUT2D eigenvalue weighted by atomic mass is 10.1. The van der Waals surface area contributed by atoms with Crippen LogP contribution in [-0.2, 0) is 0 Å². The molecule has 17 heavy (non-hydrogen) atoms. The molecular weight excluding hydrogens is 223 g/mol. The van der Waals surface area contributed by atoms with Gasteiger partial charge in [0.15, 0.2) is 0 Å². The first-order valence-electron chi connectivity index (χ1n) is 5.51. The largest absolute Gasteiger partial charge is 0.395 e. The molecule has 0 radical (unpaired) electrons. The molecule has 0 aromatic heterocycles. The Kier molecular flexibility index (Phi) is 3.28. The first-order valence-corrected chi connectivity index (χ1v) is 5.51. The van der Waals surface area contributed by atoms with Crippen molar-refractivity contribution in [2.75, 3.05) is 26.7 Å². The molecule has 2 rings (SSSR count). The monoisotopic (exact) mass is 238 g/mol. The number of halogens is 1. The number of β-amino-alcohol motifs (C(OH)–C–C–N with tert-alkyl or cyclic N) is 1. The SMILES string of the molecule is CN1CC(c2ccc(F)cc2)N(CCO)C1=O. The van der Waals surface area contributed by atoms with E-state index in [9.17, 15) is 9.18 Å². The summed E-state index contributed by atoms with van der Waals surface area (Å²) in [6.45, 7) is 0.785. The zero-order valence-electron chi connectivity index (χ0n) is 9.64. The van der Waals surface area contributed by atoms with Crippen LogP contribution < -0.4 is 0 Å². The van der Waals surface area contributed by atoms with Gasteiger partial charge in [-0.2, -0.15) is 0 Å². The fourth-order valence-electron chi connectivity index (χ4n) is 2.12. The number of benzene rings is 1. The molecule has 4 nitrogen and oxygen atoms in total. The van der Waals surface area contributed by atoms with Crippen molar-refractivity contribution >= 4 is 6.03 Å². The van der Waals surface area contributed by atoms with Gasteiger partial charge in [0, 0.05) is 20.1 Å². The third-order valence-corrected chi connectivity index (χ3v) is 2.99. The van der Waals surface area contributed by atoms with Gasteiger partial charge in [-0.25, -0.2) is 9.18 Å². The molecule has 1 unspecified atom stereocenters. The Morgan fingerprint density at radius 1 is 1.41 bits per heavy atom. The maximum absolute atomic E-state index is 12.8. The molecular formula is C12H15FN2O2. The third kappa shape index (κ3) is 2.24. The Morgan fingerprint density at radius 2 is 2.06 bits per heavy atom. The fourth-order valence-corrected chi connectivity index (χ4v) is 2.12. The molecule has 2 amide bonds. The number of carbonyl (C=O) groups excluding carboxylic acids is 1. The van der Waals surface area contributed by atoms with Crippen molar-refractivity contribution < 1.29 is 14.3 Å². The highest BCUT2D eigenvalue weighted by molar-refractivity contribution is 5.77. The molecule has 1 atom stereocenters. The molecule has 1 aromatic rings. The summed E-state index contributed by atoms with van der Waals surface area (Å²) in [5, 5.41) is 8.97. The molecule has 1 aliphatic rings. The van der Waals surface area contributed by atoms with Crippen molar-refractivity contribution in [1.82, 2.24) is 9.80 Å². The Bertz CT molecular complexity index is 407. The molecule has 1 N–H and O–H groups in total. The fraction of sp³-hybridized carbons (Fsp3) is 0.417. The summed E-state index contributed by atoms with van der Waals surface area (Å²) in [6.07, 6.45) is 0. The summed E-state index contributed by atoms with van der Waals surface area (Å²) in [5.41, 5.74) is 0.887. The zero-order chi connectivity index (χ0) is 12.4. The minimum atomic E-state index is -0.292. The van der Waals surface area contributed by atoms with Crippen molar-refractivity contribution in [3.63, 3.8) is 0 Å². The lowest BCUT2D eigenvalue weighted by molar-refractivity contribution is 0.172. The predicted molar refractivity (Wildman–Crippen MR) is 61.0 cm³/mol. The van der Waals surface area contributed by atoms with Gasteiger partial charge < -0.3 is 14.9 Å². The maximum atomic E-state index is 12.8. The van der Waals surface area contributed by atoms with Gasteiger partial charge in [-0.05, 0) is 17.7 Å². The van der Waals surface area contributed by atoms with Gasteiger partial charge in [0.1, 0.15) is 5.82 Å². The second-order valence-corrected chi connectivity index (χ2v) is 4.15. The van der Waals surface area contributed by atoms with E-state index in [1.807, 2.05) is 0 Å². The molecule has 1 fully saturated rings. The lowest BCUT2D eigenvalue weighted by Gasteiger charge is -2.22. The summed E-state index contributed by atoms with van der Waals surface area (Å²) >= 11 is 0. The summed E-state index contributed by atoms with van der Waals surface area (Å²) in [4.78, 5) is 15.0. The van der Waals surface area contributed by atoms with Crippen LogP contribution in [-0.4, -0.2) is 47.7 Å².